The van der Waals surface area contributed by atoms with Crippen LogP contribution in [-0.4, -0.2) is 12.6 Å². The van der Waals surface area contributed by atoms with Gasteiger partial charge in [-0.25, -0.2) is 0 Å². The molecule has 2 atom stereocenters. The number of halogens is 1. The molecule has 1 saturated heterocycles. The van der Waals surface area contributed by atoms with E-state index in [9.17, 15) is 5.26 Å². The van der Waals surface area contributed by atoms with E-state index < -0.39 is 0 Å². The predicted octanol–water partition coefficient (Wildman–Crippen LogP) is 4.07. The maximum Gasteiger partial charge on any atom is 0.101 e. The molecule has 0 N–H and O–H groups in total. The van der Waals surface area contributed by atoms with Gasteiger partial charge in [0.05, 0.1) is 11.3 Å². The number of nitrogens with zero attached hydrogens (tertiary/aromatic N) is 2. The van der Waals surface area contributed by atoms with E-state index in [1.54, 1.807) is 0 Å². The van der Waals surface area contributed by atoms with E-state index in [4.69, 9.17) is 11.6 Å². The van der Waals surface area contributed by atoms with Crippen molar-refractivity contribution in [3.05, 3.63) is 29.3 Å². The molecule has 2 unspecified atom stereocenters. The molecule has 1 heterocycles. The first kappa shape index (κ1) is 12.8. The Hall–Kier alpha value is -1.20. The third kappa shape index (κ3) is 2.32. The molecule has 1 saturated carbocycles. The van der Waals surface area contributed by atoms with Gasteiger partial charge in [0.1, 0.15) is 6.07 Å². The van der Waals surface area contributed by atoms with Crippen LogP contribution in [0.3, 0.4) is 0 Å². The fourth-order valence-electron chi connectivity index (χ4n) is 3.76. The van der Waals surface area contributed by atoms with Crippen molar-refractivity contribution < 1.29 is 0 Å². The van der Waals surface area contributed by atoms with Gasteiger partial charge in [0.15, 0.2) is 0 Å². The lowest BCUT2D eigenvalue weighted by molar-refractivity contribution is 0.362. The Morgan fingerprint density at radius 3 is 2.89 bits per heavy atom. The largest absolute Gasteiger partial charge is 0.367 e. The third-order valence-corrected chi connectivity index (χ3v) is 4.95. The summed E-state index contributed by atoms with van der Waals surface area (Å²) < 4.78 is 0. The second kappa shape index (κ2) is 5.43. The number of hydrogen-bond donors (Lipinski definition) is 0. The summed E-state index contributed by atoms with van der Waals surface area (Å²) in [5.74, 6) is 1.31. The van der Waals surface area contributed by atoms with Gasteiger partial charge in [-0.2, -0.15) is 5.26 Å². The molecule has 1 aromatic rings. The van der Waals surface area contributed by atoms with Crippen molar-refractivity contribution in [1.29, 1.82) is 5.26 Å². The number of anilines is 1. The zero-order valence-corrected chi connectivity index (χ0v) is 11.9. The third-order valence-electron chi connectivity index (χ3n) is 4.64. The molecule has 2 fully saturated rings. The minimum absolute atomic E-state index is 0.473. The maximum absolute atomic E-state index is 9.39. The second-order valence-electron chi connectivity index (χ2n) is 5.69. The molecule has 3 heteroatoms. The molecule has 0 aromatic heterocycles. The maximum atomic E-state index is 9.39. The van der Waals surface area contributed by atoms with Gasteiger partial charge in [0.2, 0.25) is 0 Å². The molecule has 1 aromatic carbocycles. The van der Waals surface area contributed by atoms with Gasteiger partial charge >= 0.3 is 0 Å². The van der Waals surface area contributed by atoms with Crippen molar-refractivity contribution in [2.24, 2.45) is 5.92 Å². The molecule has 1 aliphatic heterocycles. The van der Waals surface area contributed by atoms with Gasteiger partial charge in [-0.15, -0.1) is 11.6 Å². The van der Waals surface area contributed by atoms with Crippen molar-refractivity contribution in [1.82, 2.24) is 0 Å². The fraction of sp³-hybridized carbons (Fsp3) is 0.562. The van der Waals surface area contributed by atoms with Crippen LogP contribution in [0.25, 0.3) is 0 Å². The summed E-state index contributed by atoms with van der Waals surface area (Å²) in [7, 11) is 0. The lowest BCUT2D eigenvalue weighted by Crippen LogP contribution is -2.43. The number of rotatable bonds is 2. The molecule has 3 rings (SSSR count). The van der Waals surface area contributed by atoms with Crippen LogP contribution in [0.2, 0.25) is 0 Å². The number of alkyl halides is 1. The lowest BCUT2D eigenvalue weighted by Gasteiger charge is -2.40. The topological polar surface area (TPSA) is 27.0 Å². The van der Waals surface area contributed by atoms with Crippen LogP contribution in [0, 0.1) is 17.2 Å². The van der Waals surface area contributed by atoms with Crippen molar-refractivity contribution in [2.45, 2.75) is 44.0 Å². The van der Waals surface area contributed by atoms with E-state index >= 15 is 0 Å². The normalized spacial score (nSPS) is 26.0. The average Bonchev–Trinajstić information content (AvgIpc) is 2.95. The van der Waals surface area contributed by atoms with Gasteiger partial charge in [-0.05, 0) is 49.3 Å². The van der Waals surface area contributed by atoms with E-state index in [1.165, 1.54) is 32.1 Å². The fourth-order valence-corrected chi connectivity index (χ4v) is 3.93. The van der Waals surface area contributed by atoms with Crippen LogP contribution < -0.4 is 4.90 Å². The molecule has 0 bridgehead atoms. The number of hydrogen-bond acceptors (Lipinski definition) is 2. The van der Waals surface area contributed by atoms with Crippen molar-refractivity contribution in [3.63, 3.8) is 0 Å². The summed E-state index contributed by atoms with van der Waals surface area (Å²) in [6.07, 6.45) is 6.61. The minimum atomic E-state index is 0.473. The summed E-state index contributed by atoms with van der Waals surface area (Å²) in [6, 6.07) is 9.10. The first-order valence-corrected chi connectivity index (χ1v) is 7.72. The number of fused-ring (bicyclic) bond motifs is 1. The van der Waals surface area contributed by atoms with Crippen LogP contribution in [0.15, 0.2) is 18.2 Å². The molecule has 0 radical (unpaired) electrons. The SMILES string of the molecule is N#Cc1cc(CCl)ccc1N1CCCC2CCCC21. The molecule has 100 valence electrons. The Labute approximate surface area is 120 Å². The molecule has 2 aliphatic rings. The minimum Gasteiger partial charge on any atom is -0.367 e. The van der Waals surface area contributed by atoms with Gasteiger partial charge in [-0.3, -0.25) is 0 Å². The molecular formula is C16H19ClN2. The first-order chi connectivity index (χ1) is 9.33. The number of nitriles is 1. The smallest absolute Gasteiger partial charge is 0.101 e. The summed E-state index contributed by atoms with van der Waals surface area (Å²) >= 11 is 5.86. The Morgan fingerprint density at radius 1 is 1.26 bits per heavy atom. The molecule has 2 nitrogen and oxygen atoms in total. The predicted molar refractivity (Wildman–Crippen MR) is 78.4 cm³/mol. The zero-order valence-electron chi connectivity index (χ0n) is 11.1. The van der Waals surface area contributed by atoms with E-state index in [-0.39, 0.29) is 0 Å². The van der Waals surface area contributed by atoms with Crippen molar-refractivity contribution in [2.75, 3.05) is 11.4 Å². The van der Waals surface area contributed by atoms with E-state index in [0.29, 0.717) is 11.9 Å². The molecule has 19 heavy (non-hydrogen) atoms. The van der Waals surface area contributed by atoms with Gasteiger partial charge in [0, 0.05) is 18.5 Å². The second-order valence-corrected chi connectivity index (χ2v) is 5.96. The van der Waals surface area contributed by atoms with Crippen molar-refractivity contribution >= 4 is 17.3 Å². The Balaban J connectivity index is 1.94. The van der Waals surface area contributed by atoms with Crippen molar-refractivity contribution in [3.8, 4) is 6.07 Å². The van der Waals surface area contributed by atoms with Crippen LogP contribution in [0.5, 0.6) is 0 Å². The quantitative estimate of drug-likeness (QED) is 0.760. The van der Waals surface area contributed by atoms with Crippen LogP contribution in [0.4, 0.5) is 5.69 Å². The van der Waals surface area contributed by atoms with Crippen LogP contribution >= 0.6 is 11.6 Å². The lowest BCUT2D eigenvalue weighted by atomic mass is 9.91. The monoisotopic (exact) mass is 274 g/mol. The number of piperidine rings is 1. The van der Waals surface area contributed by atoms with E-state index in [2.05, 4.69) is 23.1 Å². The summed E-state index contributed by atoms with van der Waals surface area (Å²) in [5.41, 5.74) is 2.93. The Bertz CT molecular complexity index is 506. The average molecular weight is 275 g/mol. The van der Waals surface area contributed by atoms with Gasteiger partial charge in [-0.1, -0.05) is 12.5 Å². The summed E-state index contributed by atoms with van der Waals surface area (Å²) in [4.78, 5) is 2.48. The molecule has 1 aliphatic carbocycles. The highest BCUT2D eigenvalue weighted by Crippen LogP contribution is 2.40. The van der Waals surface area contributed by atoms with Gasteiger partial charge < -0.3 is 4.90 Å². The first-order valence-electron chi connectivity index (χ1n) is 7.19. The highest BCUT2D eigenvalue weighted by Gasteiger charge is 2.35. The summed E-state index contributed by atoms with van der Waals surface area (Å²) in [6.45, 7) is 1.09. The highest BCUT2D eigenvalue weighted by molar-refractivity contribution is 6.17. The van der Waals surface area contributed by atoms with Gasteiger partial charge in [0.25, 0.3) is 0 Å². The van der Waals surface area contributed by atoms with E-state index in [0.717, 1.165) is 29.3 Å². The number of benzene rings is 1. The molecular weight excluding hydrogens is 256 g/mol. The molecule has 0 spiro atoms. The Kier molecular flexibility index (Phi) is 3.66. The van der Waals surface area contributed by atoms with E-state index in [1.807, 2.05) is 6.07 Å². The standard InChI is InChI=1S/C16H19ClN2/c17-10-12-6-7-16(14(9-12)11-18)19-8-2-4-13-3-1-5-15(13)19/h6-7,9,13,15H,1-5,8,10H2. The summed E-state index contributed by atoms with van der Waals surface area (Å²) in [5, 5.41) is 9.39. The Morgan fingerprint density at radius 2 is 2.11 bits per heavy atom. The van der Waals surface area contributed by atoms with Crippen LogP contribution in [-0.2, 0) is 5.88 Å². The highest BCUT2D eigenvalue weighted by atomic mass is 35.5. The molecule has 0 amide bonds. The zero-order chi connectivity index (χ0) is 13.2. The van der Waals surface area contributed by atoms with Crippen LogP contribution in [0.1, 0.15) is 43.2 Å².